The first-order chi connectivity index (χ1) is 14.4. The molecule has 6 nitrogen and oxygen atoms in total. The van der Waals surface area contributed by atoms with E-state index in [0.717, 1.165) is 32.1 Å². The minimum Gasteiger partial charge on any atom is -0.332 e. The normalized spacial score (nSPS) is 18.7. The molecule has 1 aromatic carbocycles. The summed E-state index contributed by atoms with van der Waals surface area (Å²) in [5.74, 6) is 0.580. The van der Waals surface area contributed by atoms with Crippen molar-refractivity contribution in [1.82, 2.24) is 10.0 Å². The number of carbonyl (C=O) groups is 1. The molecule has 30 heavy (non-hydrogen) atoms. The van der Waals surface area contributed by atoms with Gasteiger partial charge in [0.05, 0.1) is 4.90 Å². The predicted octanol–water partition coefficient (Wildman–Crippen LogP) is 4.47. The molecule has 0 spiro atoms. The molecule has 0 radical (unpaired) electrons. The number of benzene rings is 1. The Morgan fingerprint density at radius 2 is 1.53 bits per heavy atom. The van der Waals surface area contributed by atoms with Gasteiger partial charge in [0, 0.05) is 18.2 Å². The number of hydrogen-bond acceptors (Lipinski definition) is 4. The van der Waals surface area contributed by atoms with Gasteiger partial charge in [-0.1, -0.05) is 51.4 Å². The van der Waals surface area contributed by atoms with Crippen LogP contribution in [0.3, 0.4) is 0 Å². The van der Waals surface area contributed by atoms with Crippen molar-refractivity contribution in [2.24, 2.45) is 5.92 Å². The number of rotatable bonds is 7. The average Bonchev–Trinajstić information content (AvgIpc) is 2.74. The minimum atomic E-state index is -3.52. The summed E-state index contributed by atoms with van der Waals surface area (Å²) in [6.07, 6.45) is 12.8. The number of nitrogens with one attached hydrogen (secondary N) is 3. The zero-order chi connectivity index (χ0) is 21.4. The van der Waals surface area contributed by atoms with Gasteiger partial charge in [-0.05, 0) is 61.7 Å². The molecule has 0 atom stereocenters. The number of sulfonamides is 1. The van der Waals surface area contributed by atoms with Crippen LogP contribution in [-0.2, 0) is 14.8 Å². The maximum absolute atomic E-state index is 12.6. The second kappa shape index (κ2) is 11.2. The van der Waals surface area contributed by atoms with E-state index in [1.807, 2.05) is 0 Å². The molecular formula is C22H33N3O3S2. The van der Waals surface area contributed by atoms with Crippen LogP contribution in [0.2, 0.25) is 0 Å². The first-order valence-corrected chi connectivity index (χ1v) is 13.0. The van der Waals surface area contributed by atoms with Crippen LogP contribution in [0.25, 0.3) is 0 Å². The molecule has 3 N–H and O–H groups in total. The van der Waals surface area contributed by atoms with E-state index in [1.165, 1.54) is 38.5 Å². The molecule has 0 heterocycles. The summed E-state index contributed by atoms with van der Waals surface area (Å²) in [6, 6.07) is 6.46. The smallest absolute Gasteiger partial charge is 0.240 e. The summed E-state index contributed by atoms with van der Waals surface area (Å²) in [7, 11) is -3.52. The highest BCUT2D eigenvalue weighted by atomic mass is 32.2. The molecule has 1 aromatic rings. The molecule has 0 bridgehead atoms. The predicted molar refractivity (Wildman–Crippen MR) is 124 cm³/mol. The Labute approximate surface area is 185 Å². The van der Waals surface area contributed by atoms with Crippen LogP contribution in [-0.4, -0.2) is 25.5 Å². The van der Waals surface area contributed by atoms with E-state index in [4.69, 9.17) is 12.2 Å². The van der Waals surface area contributed by atoms with Crippen molar-refractivity contribution in [2.45, 2.75) is 88.0 Å². The monoisotopic (exact) mass is 451 g/mol. The lowest BCUT2D eigenvalue weighted by molar-refractivity contribution is -0.120. The molecular weight excluding hydrogens is 418 g/mol. The molecule has 2 saturated carbocycles. The summed E-state index contributed by atoms with van der Waals surface area (Å²) in [6.45, 7) is 0. The van der Waals surface area contributed by atoms with Crippen molar-refractivity contribution in [2.75, 3.05) is 5.32 Å². The molecule has 0 unspecified atom stereocenters. The Bertz CT molecular complexity index is 813. The van der Waals surface area contributed by atoms with Crippen molar-refractivity contribution < 1.29 is 13.2 Å². The highest BCUT2D eigenvalue weighted by molar-refractivity contribution is 7.89. The fraction of sp³-hybridized carbons (Fsp3) is 0.636. The lowest BCUT2D eigenvalue weighted by atomic mass is 9.86. The molecule has 0 saturated heterocycles. The van der Waals surface area contributed by atoms with E-state index in [2.05, 4.69) is 15.4 Å². The van der Waals surface area contributed by atoms with Gasteiger partial charge in [0.15, 0.2) is 5.11 Å². The van der Waals surface area contributed by atoms with Crippen LogP contribution < -0.4 is 15.4 Å². The first kappa shape index (κ1) is 23.2. The summed E-state index contributed by atoms with van der Waals surface area (Å²) < 4.78 is 27.9. The molecule has 2 fully saturated rings. The molecule has 8 heteroatoms. The first-order valence-electron chi connectivity index (χ1n) is 11.2. The summed E-state index contributed by atoms with van der Waals surface area (Å²) >= 11 is 5.22. The van der Waals surface area contributed by atoms with E-state index >= 15 is 0 Å². The van der Waals surface area contributed by atoms with Crippen LogP contribution >= 0.6 is 12.2 Å². The SMILES string of the molecule is O=C(CCC1CCCCC1)NC(=S)Nc1ccc(S(=O)(=O)NC2CCCCC2)cc1. The minimum absolute atomic E-state index is 0.0259. The lowest BCUT2D eigenvalue weighted by Gasteiger charge is -2.22. The van der Waals surface area contributed by atoms with Crippen LogP contribution in [0.4, 0.5) is 5.69 Å². The number of carbonyl (C=O) groups excluding carboxylic acids is 1. The Balaban J connectivity index is 1.44. The molecule has 3 rings (SSSR count). The van der Waals surface area contributed by atoms with Gasteiger partial charge in [0.1, 0.15) is 0 Å². The third-order valence-corrected chi connectivity index (χ3v) is 7.85. The van der Waals surface area contributed by atoms with Crippen molar-refractivity contribution in [3.63, 3.8) is 0 Å². The van der Waals surface area contributed by atoms with Gasteiger partial charge in [0.2, 0.25) is 15.9 Å². The van der Waals surface area contributed by atoms with Crippen LogP contribution in [0.1, 0.15) is 77.0 Å². The molecule has 2 aliphatic carbocycles. The molecule has 2 aliphatic rings. The molecule has 1 amide bonds. The van der Waals surface area contributed by atoms with Crippen molar-refractivity contribution in [3.05, 3.63) is 24.3 Å². The zero-order valence-electron chi connectivity index (χ0n) is 17.5. The van der Waals surface area contributed by atoms with Crippen molar-refractivity contribution >= 4 is 38.9 Å². The largest absolute Gasteiger partial charge is 0.332 e. The summed E-state index contributed by atoms with van der Waals surface area (Å²) in [4.78, 5) is 12.4. The third-order valence-electron chi connectivity index (χ3n) is 6.11. The molecule has 0 aromatic heterocycles. The average molecular weight is 452 g/mol. The molecule has 166 valence electrons. The van der Waals surface area contributed by atoms with Crippen LogP contribution in [0.5, 0.6) is 0 Å². The van der Waals surface area contributed by atoms with Crippen LogP contribution in [0, 0.1) is 5.92 Å². The zero-order valence-corrected chi connectivity index (χ0v) is 19.1. The summed E-state index contributed by atoms with van der Waals surface area (Å²) in [5.41, 5.74) is 0.643. The topological polar surface area (TPSA) is 87.3 Å². The van der Waals surface area contributed by atoms with Gasteiger partial charge in [-0.25, -0.2) is 13.1 Å². The van der Waals surface area contributed by atoms with Gasteiger partial charge < -0.3 is 10.6 Å². The Morgan fingerprint density at radius 1 is 0.933 bits per heavy atom. The quantitative estimate of drug-likeness (QED) is 0.533. The molecule has 0 aliphatic heterocycles. The van der Waals surface area contributed by atoms with Gasteiger partial charge >= 0.3 is 0 Å². The van der Waals surface area contributed by atoms with Gasteiger partial charge in [-0.3, -0.25) is 4.79 Å². The highest BCUT2D eigenvalue weighted by Crippen LogP contribution is 2.27. The third kappa shape index (κ3) is 7.32. The fourth-order valence-electron chi connectivity index (χ4n) is 4.39. The Morgan fingerprint density at radius 3 is 2.17 bits per heavy atom. The van der Waals surface area contributed by atoms with E-state index in [1.54, 1.807) is 24.3 Å². The van der Waals surface area contributed by atoms with Crippen molar-refractivity contribution in [1.29, 1.82) is 0 Å². The Hall–Kier alpha value is -1.51. The van der Waals surface area contributed by atoms with Gasteiger partial charge in [-0.15, -0.1) is 0 Å². The Kier molecular flexibility index (Phi) is 8.65. The number of thiocarbonyl (C=S) groups is 1. The number of hydrogen-bond donors (Lipinski definition) is 3. The van der Waals surface area contributed by atoms with Crippen LogP contribution in [0.15, 0.2) is 29.2 Å². The maximum atomic E-state index is 12.6. The number of anilines is 1. The lowest BCUT2D eigenvalue weighted by Crippen LogP contribution is -2.36. The maximum Gasteiger partial charge on any atom is 0.240 e. The number of amides is 1. The van der Waals surface area contributed by atoms with E-state index in [9.17, 15) is 13.2 Å². The van der Waals surface area contributed by atoms with E-state index in [-0.39, 0.29) is 22.0 Å². The highest BCUT2D eigenvalue weighted by Gasteiger charge is 2.21. The second-order valence-corrected chi connectivity index (χ2v) is 10.6. The van der Waals surface area contributed by atoms with E-state index < -0.39 is 10.0 Å². The van der Waals surface area contributed by atoms with E-state index in [0.29, 0.717) is 18.0 Å². The fourth-order valence-corrected chi connectivity index (χ4v) is 5.92. The summed E-state index contributed by atoms with van der Waals surface area (Å²) in [5, 5.41) is 5.91. The van der Waals surface area contributed by atoms with Gasteiger partial charge in [0.25, 0.3) is 0 Å². The second-order valence-electron chi connectivity index (χ2n) is 8.53. The van der Waals surface area contributed by atoms with Gasteiger partial charge in [-0.2, -0.15) is 0 Å². The standard InChI is InChI=1S/C22H33N3O3S2/c26-21(16-11-17-7-3-1-4-8-17)24-22(29)23-18-12-14-20(15-13-18)30(27,28)25-19-9-5-2-6-10-19/h12-15,17,19,25H,1-11,16H2,(H2,23,24,26,29). The van der Waals surface area contributed by atoms with Crippen molar-refractivity contribution in [3.8, 4) is 0 Å².